The van der Waals surface area contributed by atoms with Gasteiger partial charge in [0.25, 0.3) is 0 Å². The summed E-state index contributed by atoms with van der Waals surface area (Å²) in [7, 11) is -1.50. The van der Waals surface area contributed by atoms with Gasteiger partial charge in [0.15, 0.2) is 11.4 Å². The molecule has 0 aliphatic rings. The Morgan fingerprint density at radius 2 is 1.53 bits per heavy atom. The molecule has 4 aromatic carbocycles. The first kappa shape index (κ1) is 34.6. The van der Waals surface area contributed by atoms with Crippen LogP contribution in [-0.2, 0) is 20.1 Å². The Balaban J connectivity index is 0.000000204. The number of rotatable bonds is 5. The minimum Gasteiger partial charge on any atom is -0.498 e. The molecule has 0 spiro atoms. The van der Waals surface area contributed by atoms with Crippen molar-refractivity contribution < 1.29 is 30.3 Å². The quantitative estimate of drug-likeness (QED) is 0.128. The van der Waals surface area contributed by atoms with Crippen molar-refractivity contribution in [3.8, 4) is 33.6 Å². The average Bonchev–Trinajstić information content (AvgIpc) is 3.44. The van der Waals surface area contributed by atoms with Crippen LogP contribution in [0, 0.1) is 38.7 Å². The summed E-state index contributed by atoms with van der Waals surface area (Å²) in [4.78, 5) is 9.18. The predicted octanol–water partition coefficient (Wildman–Crippen LogP) is 11.4. The second-order valence-electron chi connectivity index (χ2n) is 13.7. The summed E-state index contributed by atoms with van der Waals surface area (Å²) < 4.78 is 28.6. The summed E-state index contributed by atoms with van der Waals surface area (Å²) in [5, 5.41) is 2.90. The van der Waals surface area contributed by atoms with Gasteiger partial charge in [-0.1, -0.05) is 92.0 Å². The van der Waals surface area contributed by atoms with Gasteiger partial charge in [0.1, 0.15) is 0 Å². The second kappa shape index (κ2) is 14.7. The van der Waals surface area contributed by atoms with Gasteiger partial charge in [-0.05, 0) is 77.6 Å². The fourth-order valence-electron chi connectivity index (χ4n) is 6.44. The molecule has 49 heavy (non-hydrogen) atoms. The molecule has 0 aliphatic heterocycles. The number of fused-ring (bicyclic) bond motifs is 3. The van der Waals surface area contributed by atoms with Gasteiger partial charge in [0.2, 0.25) is 0 Å². The van der Waals surface area contributed by atoms with Crippen molar-refractivity contribution in [2.75, 3.05) is 0 Å². The maximum atomic E-state index is 14.2. The average molecular weight is 842 g/mol. The Morgan fingerprint density at radius 3 is 2.20 bits per heavy atom. The predicted molar refractivity (Wildman–Crippen MR) is 201 cm³/mol. The molecule has 251 valence electrons. The van der Waals surface area contributed by atoms with E-state index in [-0.39, 0.29) is 31.5 Å². The number of halogens is 1. The van der Waals surface area contributed by atoms with Gasteiger partial charge in [-0.25, -0.2) is 4.39 Å². The summed E-state index contributed by atoms with van der Waals surface area (Å²) in [6, 6.07) is 33.6. The van der Waals surface area contributed by atoms with E-state index in [1.807, 2.05) is 68.6 Å². The van der Waals surface area contributed by atoms with Gasteiger partial charge >= 0.3 is 0 Å². The number of pyridine rings is 2. The van der Waals surface area contributed by atoms with Crippen LogP contribution in [0.1, 0.15) is 43.4 Å². The zero-order valence-electron chi connectivity index (χ0n) is 30.3. The Bertz CT molecular complexity index is 2280. The van der Waals surface area contributed by atoms with Crippen LogP contribution in [0.3, 0.4) is 0 Å². The van der Waals surface area contributed by atoms with Gasteiger partial charge in [0.05, 0.1) is 13.7 Å². The summed E-state index contributed by atoms with van der Waals surface area (Å²) in [5.74, 6) is -0.973. The Labute approximate surface area is 305 Å². The van der Waals surface area contributed by atoms with Gasteiger partial charge < -0.3 is 14.4 Å². The maximum absolute atomic E-state index is 14.2. The largest absolute Gasteiger partial charge is 0.498 e. The van der Waals surface area contributed by atoms with E-state index in [0.29, 0.717) is 5.58 Å². The molecule has 3 aromatic heterocycles. The summed E-state index contributed by atoms with van der Waals surface area (Å²) in [6.07, 6.45) is 3.79. The van der Waals surface area contributed by atoms with Crippen molar-refractivity contribution in [3.63, 3.8) is 0 Å². The van der Waals surface area contributed by atoms with E-state index in [0.717, 1.165) is 44.4 Å². The molecule has 0 amide bonds. The van der Waals surface area contributed by atoms with E-state index in [1.54, 1.807) is 12.3 Å². The summed E-state index contributed by atoms with van der Waals surface area (Å²) in [6.45, 7) is 17.2. The van der Waals surface area contributed by atoms with Gasteiger partial charge in [-0.3, -0.25) is 0 Å². The molecule has 0 atom stereocenters. The number of para-hydroxylation sites is 1. The normalized spacial score (nSPS) is 11.9. The minimum atomic E-state index is -1.50. The number of aryl methyl sites for hydroxylation is 3. The number of aromatic nitrogens is 2. The van der Waals surface area contributed by atoms with E-state index in [1.165, 1.54) is 33.5 Å². The standard InChI is InChI=1S/C26H19FNO.C17H22NSi.Ir/c1-15-12-16(2)24(17(3)13-15)18-10-11-28-23(14-18)21-8-4-6-19-20-7-5-9-22(27)26(20)29-25(19)21;1-13(2)15-11-16(14-9-7-6-8-10-14)18-12-17(15)19(3,4)5;/h4-7,9-14H,1-3H3;6-9,11-13H,1-5H3;/q2*-1;/i;13D;. The van der Waals surface area contributed by atoms with Gasteiger partial charge in [-0.15, -0.1) is 54.1 Å². The Kier molecular flexibility index (Phi) is 10.4. The molecule has 0 saturated heterocycles. The fourth-order valence-corrected chi connectivity index (χ4v) is 8.03. The molecular weight excluding hydrogens is 800 g/mol. The number of hydrogen-bond acceptors (Lipinski definition) is 3. The fraction of sp³-hybridized carbons (Fsp3) is 0.209. The van der Waals surface area contributed by atoms with Crippen LogP contribution < -0.4 is 5.19 Å². The Hall–Kier alpha value is -4.22. The van der Waals surface area contributed by atoms with E-state index >= 15 is 0 Å². The van der Waals surface area contributed by atoms with Crippen LogP contribution >= 0.6 is 0 Å². The Morgan fingerprint density at radius 1 is 0.796 bits per heavy atom. The third-order valence-corrected chi connectivity index (χ3v) is 10.6. The molecule has 7 rings (SSSR count). The van der Waals surface area contributed by atoms with Gasteiger partial charge in [-0.2, -0.15) is 0 Å². The monoisotopic (exact) mass is 842 g/mol. The van der Waals surface area contributed by atoms with Crippen molar-refractivity contribution >= 4 is 35.2 Å². The minimum absolute atomic E-state index is 0. The summed E-state index contributed by atoms with van der Waals surface area (Å²) in [5.41, 5.74) is 11.4. The second-order valence-corrected chi connectivity index (χ2v) is 18.7. The van der Waals surface area contributed by atoms with Gasteiger partial charge in [0, 0.05) is 39.3 Å². The van der Waals surface area contributed by atoms with Crippen LogP contribution in [0.25, 0.3) is 55.6 Å². The zero-order chi connectivity index (χ0) is 35.1. The summed E-state index contributed by atoms with van der Waals surface area (Å²) >= 11 is 0. The third kappa shape index (κ3) is 7.52. The van der Waals surface area contributed by atoms with Crippen molar-refractivity contribution in [2.45, 2.75) is 60.2 Å². The zero-order valence-corrected chi connectivity index (χ0v) is 32.6. The van der Waals surface area contributed by atoms with Crippen LogP contribution in [-0.4, -0.2) is 18.0 Å². The first-order chi connectivity index (χ1) is 23.2. The number of benzene rings is 4. The topological polar surface area (TPSA) is 38.9 Å². The maximum Gasteiger partial charge on any atom is 0.165 e. The van der Waals surface area contributed by atoms with E-state index in [2.05, 4.69) is 86.8 Å². The van der Waals surface area contributed by atoms with Crippen LogP contribution in [0.15, 0.2) is 102 Å². The third-order valence-electron chi connectivity index (χ3n) is 8.63. The molecule has 0 N–H and O–H groups in total. The molecule has 0 saturated carbocycles. The molecule has 0 unspecified atom stereocenters. The van der Waals surface area contributed by atoms with Crippen LogP contribution in [0.5, 0.6) is 0 Å². The number of furan rings is 1. The first-order valence-electron chi connectivity index (χ1n) is 16.8. The molecule has 3 nitrogen and oxygen atoms in total. The van der Waals surface area contributed by atoms with Crippen LogP contribution in [0.4, 0.5) is 4.39 Å². The molecule has 1 radical (unpaired) electrons. The molecule has 0 fully saturated rings. The number of nitrogens with zero attached hydrogens (tertiary/aromatic N) is 2. The molecular formula is C43H41FIrN2OSi-2. The van der Waals surface area contributed by atoms with Crippen LogP contribution in [0.2, 0.25) is 19.6 Å². The van der Waals surface area contributed by atoms with Crippen molar-refractivity contribution in [1.29, 1.82) is 0 Å². The molecule has 0 aliphatic carbocycles. The van der Waals surface area contributed by atoms with Crippen molar-refractivity contribution in [2.24, 2.45) is 0 Å². The van der Waals surface area contributed by atoms with Crippen molar-refractivity contribution in [1.82, 2.24) is 9.97 Å². The van der Waals surface area contributed by atoms with Crippen molar-refractivity contribution in [3.05, 3.63) is 138 Å². The van der Waals surface area contributed by atoms with E-state index in [4.69, 9.17) is 5.79 Å². The number of hydrogen-bond donors (Lipinski definition) is 0. The van der Waals surface area contributed by atoms with E-state index < -0.39 is 14.0 Å². The molecule has 3 heterocycles. The molecule has 0 bridgehead atoms. The van der Waals surface area contributed by atoms with E-state index in [9.17, 15) is 4.39 Å². The molecule has 6 heteroatoms. The molecule has 7 aromatic rings. The smallest absolute Gasteiger partial charge is 0.165 e. The first-order valence-corrected chi connectivity index (χ1v) is 19.8. The SMILES string of the molecule is Cc1cc(C)c(-c2ccnc(-c3[c-]ccc4c3oc3c(F)cccc34)c2)c(C)c1.[2H]C(C)(C)c1cc(-c2[c-]cccc2)ncc1[Si](C)(C)C.[Ir].